The van der Waals surface area contributed by atoms with Crippen LogP contribution < -0.4 is 20.5 Å². The van der Waals surface area contributed by atoms with Crippen LogP contribution in [0.1, 0.15) is 19.4 Å². The normalized spacial score (nSPS) is 11.0. The van der Waals surface area contributed by atoms with Crippen LogP contribution in [0.3, 0.4) is 0 Å². The van der Waals surface area contributed by atoms with E-state index in [-0.39, 0.29) is 48.8 Å². The molecule has 2 aromatic rings. The van der Waals surface area contributed by atoms with Crippen molar-refractivity contribution in [1.29, 1.82) is 0 Å². The Morgan fingerprint density at radius 1 is 1.14 bits per heavy atom. The molecule has 9 heteroatoms. The molecule has 2 rings (SSSR count). The SMILES string of the molecule is CC(C)Oc1ccccc1CC(=O)Nc1cccc(S(=O)(=O)NCCN)c1.Cl. The Labute approximate surface area is 172 Å². The summed E-state index contributed by atoms with van der Waals surface area (Å²) in [6.45, 7) is 4.18. The van der Waals surface area contributed by atoms with E-state index in [0.29, 0.717) is 11.4 Å². The number of nitrogens with one attached hydrogen (secondary N) is 2. The van der Waals surface area contributed by atoms with Gasteiger partial charge in [-0.05, 0) is 38.1 Å². The van der Waals surface area contributed by atoms with E-state index in [9.17, 15) is 13.2 Å². The highest BCUT2D eigenvalue weighted by Crippen LogP contribution is 2.21. The number of anilines is 1. The molecule has 0 saturated heterocycles. The standard InChI is InChI=1S/C19H25N3O4S.ClH/c1-14(2)26-18-9-4-3-6-15(18)12-19(23)22-16-7-5-8-17(13-16)27(24,25)21-11-10-20;/h3-9,13-14,21H,10-12,20H2,1-2H3,(H,22,23);1H. The van der Waals surface area contributed by atoms with Gasteiger partial charge in [0, 0.05) is 24.3 Å². The summed E-state index contributed by atoms with van der Waals surface area (Å²) < 4.78 is 32.5. The fourth-order valence-corrected chi connectivity index (χ4v) is 3.51. The van der Waals surface area contributed by atoms with E-state index in [1.807, 2.05) is 38.1 Å². The Morgan fingerprint density at radius 3 is 2.54 bits per heavy atom. The molecular formula is C19H26ClN3O4S. The van der Waals surface area contributed by atoms with Crippen molar-refractivity contribution in [3.63, 3.8) is 0 Å². The summed E-state index contributed by atoms with van der Waals surface area (Å²) in [6, 6.07) is 13.4. The third kappa shape index (κ3) is 7.12. The molecule has 0 bridgehead atoms. The zero-order chi connectivity index (χ0) is 19.9. The maximum atomic E-state index is 12.4. The van der Waals surface area contributed by atoms with Gasteiger partial charge < -0.3 is 15.8 Å². The highest BCUT2D eigenvalue weighted by atomic mass is 35.5. The van der Waals surface area contributed by atoms with Gasteiger partial charge >= 0.3 is 0 Å². The number of carbonyl (C=O) groups excluding carboxylic acids is 1. The van der Waals surface area contributed by atoms with Crippen LogP contribution in [0.4, 0.5) is 5.69 Å². The largest absolute Gasteiger partial charge is 0.491 e. The van der Waals surface area contributed by atoms with Crippen LogP contribution in [0, 0.1) is 0 Å². The summed E-state index contributed by atoms with van der Waals surface area (Å²) >= 11 is 0. The highest BCUT2D eigenvalue weighted by Gasteiger charge is 2.15. The third-order valence-corrected chi connectivity index (χ3v) is 5.01. The number of hydrogen-bond acceptors (Lipinski definition) is 5. The van der Waals surface area contributed by atoms with E-state index in [4.69, 9.17) is 10.5 Å². The van der Waals surface area contributed by atoms with E-state index >= 15 is 0 Å². The first kappa shape index (κ1) is 23.9. The summed E-state index contributed by atoms with van der Waals surface area (Å²) in [6.07, 6.45) is 0.114. The average Bonchev–Trinajstić information content (AvgIpc) is 2.61. The number of hydrogen-bond donors (Lipinski definition) is 3. The zero-order valence-electron chi connectivity index (χ0n) is 15.8. The van der Waals surface area contributed by atoms with Crippen molar-refractivity contribution in [3.05, 3.63) is 54.1 Å². The molecule has 0 spiro atoms. The molecule has 0 aliphatic heterocycles. The summed E-state index contributed by atoms with van der Waals surface area (Å²) in [4.78, 5) is 12.5. The van der Waals surface area contributed by atoms with Crippen LogP contribution in [0.5, 0.6) is 5.75 Å². The van der Waals surface area contributed by atoms with E-state index in [1.54, 1.807) is 12.1 Å². The third-order valence-electron chi connectivity index (χ3n) is 3.55. The summed E-state index contributed by atoms with van der Waals surface area (Å²) in [5.74, 6) is 0.393. The van der Waals surface area contributed by atoms with Crippen molar-refractivity contribution in [3.8, 4) is 5.75 Å². The molecule has 0 aliphatic rings. The van der Waals surface area contributed by atoms with Gasteiger partial charge in [0.2, 0.25) is 15.9 Å². The fourth-order valence-electron chi connectivity index (χ4n) is 2.41. The van der Waals surface area contributed by atoms with Crippen molar-refractivity contribution in [1.82, 2.24) is 4.72 Å². The van der Waals surface area contributed by atoms with Gasteiger partial charge in [-0.2, -0.15) is 0 Å². The molecule has 2 aromatic carbocycles. The van der Waals surface area contributed by atoms with Crippen molar-refractivity contribution >= 4 is 34.0 Å². The first-order chi connectivity index (χ1) is 12.8. The van der Waals surface area contributed by atoms with Crippen LogP contribution in [-0.2, 0) is 21.2 Å². The van der Waals surface area contributed by atoms with E-state index in [0.717, 1.165) is 5.56 Å². The molecule has 0 saturated carbocycles. The Kier molecular flexibility index (Phi) is 9.40. The first-order valence-electron chi connectivity index (χ1n) is 8.66. The number of para-hydroxylation sites is 1. The van der Waals surface area contributed by atoms with Crippen molar-refractivity contribution in [2.75, 3.05) is 18.4 Å². The molecule has 0 unspecified atom stereocenters. The van der Waals surface area contributed by atoms with Crippen molar-refractivity contribution in [2.24, 2.45) is 5.73 Å². The predicted molar refractivity (Wildman–Crippen MR) is 112 cm³/mol. The topological polar surface area (TPSA) is 111 Å². The fraction of sp³-hybridized carbons (Fsp3) is 0.316. The monoisotopic (exact) mass is 427 g/mol. The summed E-state index contributed by atoms with van der Waals surface area (Å²) in [7, 11) is -3.66. The van der Waals surface area contributed by atoms with E-state index < -0.39 is 10.0 Å². The van der Waals surface area contributed by atoms with Crippen LogP contribution in [-0.4, -0.2) is 33.5 Å². The molecule has 28 heavy (non-hydrogen) atoms. The Hall–Kier alpha value is -2.13. The van der Waals surface area contributed by atoms with Crippen molar-refractivity contribution < 1.29 is 17.9 Å². The van der Waals surface area contributed by atoms with Gasteiger partial charge in [0.1, 0.15) is 5.75 Å². The lowest BCUT2D eigenvalue weighted by atomic mass is 10.1. The lowest BCUT2D eigenvalue weighted by molar-refractivity contribution is -0.115. The molecule has 0 heterocycles. The zero-order valence-corrected chi connectivity index (χ0v) is 17.5. The van der Waals surface area contributed by atoms with Gasteiger partial charge in [-0.25, -0.2) is 13.1 Å². The van der Waals surface area contributed by atoms with Gasteiger partial charge in [-0.1, -0.05) is 24.3 Å². The second kappa shape index (κ2) is 11.0. The minimum atomic E-state index is -3.66. The number of amides is 1. The maximum absolute atomic E-state index is 12.4. The van der Waals surface area contributed by atoms with Gasteiger partial charge in [0.05, 0.1) is 17.4 Å². The second-order valence-electron chi connectivity index (χ2n) is 6.21. The smallest absolute Gasteiger partial charge is 0.240 e. The average molecular weight is 428 g/mol. The molecule has 4 N–H and O–H groups in total. The second-order valence-corrected chi connectivity index (χ2v) is 7.98. The molecule has 1 amide bonds. The lowest BCUT2D eigenvalue weighted by Crippen LogP contribution is -2.29. The molecule has 154 valence electrons. The molecule has 0 radical (unpaired) electrons. The minimum Gasteiger partial charge on any atom is -0.491 e. The molecule has 7 nitrogen and oxygen atoms in total. The van der Waals surface area contributed by atoms with Crippen LogP contribution in [0.15, 0.2) is 53.4 Å². The minimum absolute atomic E-state index is 0. The molecular weight excluding hydrogens is 402 g/mol. The maximum Gasteiger partial charge on any atom is 0.240 e. The Bertz CT molecular complexity index is 888. The molecule has 0 fully saturated rings. The molecule has 0 atom stereocenters. The molecule has 0 aliphatic carbocycles. The van der Waals surface area contributed by atoms with Crippen LogP contribution in [0.25, 0.3) is 0 Å². The quantitative estimate of drug-likeness (QED) is 0.568. The molecule has 0 aromatic heterocycles. The Balaban J connectivity index is 0.00000392. The van der Waals surface area contributed by atoms with Gasteiger partial charge in [0.15, 0.2) is 0 Å². The number of halogens is 1. The van der Waals surface area contributed by atoms with Crippen molar-refractivity contribution in [2.45, 2.75) is 31.3 Å². The summed E-state index contributed by atoms with van der Waals surface area (Å²) in [5, 5.41) is 2.73. The van der Waals surface area contributed by atoms with Gasteiger partial charge in [-0.15, -0.1) is 12.4 Å². The highest BCUT2D eigenvalue weighted by molar-refractivity contribution is 7.89. The number of ether oxygens (including phenoxy) is 1. The number of carbonyl (C=O) groups is 1. The van der Waals surface area contributed by atoms with E-state index in [1.165, 1.54) is 12.1 Å². The summed E-state index contributed by atoms with van der Waals surface area (Å²) in [5.41, 5.74) is 6.49. The van der Waals surface area contributed by atoms with Crippen LogP contribution in [0.2, 0.25) is 0 Å². The van der Waals surface area contributed by atoms with Crippen LogP contribution >= 0.6 is 12.4 Å². The van der Waals surface area contributed by atoms with Gasteiger partial charge in [0.25, 0.3) is 0 Å². The lowest BCUT2D eigenvalue weighted by Gasteiger charge is -2.14. The van der Waals surface area contributed by atoms with Gasteiger partial charge in [-0.3, -0.25) is 4.79 Å². The predicted octanol–water partition coefficient (Wildman–Crippen LogP) is 2.31. The number of rotatable bonds is 9. The number of nitrogens with two attached hydrogens (primary N) is 1. The number of sulfonamides is 1. The van der Waals surface area contributed by atoms with E-state index in [2.05, 4.69) is 10.0 Å². The first-order valence-corrected chi connectivity index (χ1v) is 10.1. The Morgan fingerprint density at radius 2 is 1.86 bits per heavy atom. The number of benzene rings is 2.